The van der Waals surface area contributed by atoms with Crippen molar-refractivity contribution in [3.63, 3.8) is 0 Å². The zero-order chi connectivity index (χ0) is 15.4. The Morgan fingerprint density at radius 3 is 2.68 bits per heavy atom. The van der Waals surface area contributed by atoms with Crippen LogP contribution in [0.1, 0.15) is 29.4 Å². The predicted molar refractivity (Wildman–Crippen MR) is 85.9 cm³/mol. The molecule has 5 nitrogen and oxygen atoms in total. The minimum atomic E-state index is -0.313. The van der Waals surface area contributed by atoms with Crippen LogP contribution in [-0.2, 0) is 6.54 Å². The number of likely N-dealkylation sites (tertiary alicyclic amines) is 1. The van der Waals surface area contributed by atoms with E-state index in [-0.39, 0.29) is 6.10 Å². The molecule has 1 fully saturated rings. The molecule has 118 valence electrons. The van der Waals surface area contributed by atoms with Crippen molar-refractivity contribution in [1.29, 1.82) is 0 Å². The molecule has 6 heteroatoms. The molecule has 1 aliphatic heterocycles. The van der Waals surface area contributed by atoms with Crippen LogP contribution in [-0.4, -0.2) is 40.2 Å². The van der Waals surface area contributed by atoms with Gasteiger partial charge in [0.05, 0.1) is 13.2 Å². The number of piperidine rings is 1. The van der Waals surface area contributed by atoms with Gasteiger partial charge in [0.1, 0.15) is 0 Å². The van der Waals surface area contributed by atoms with E-state index >= 15 is 0 Å². The first kappa shape index (κ1) is 15.4. The average Bonchev–Trinajstić information content (AvgIpc) is 3.10. The molecule has 2 aromatic heterocycles. The molecule has 3 rings (SSSR count). The molecule has 0 aliphatic carbocycles. The van der Waals surface area contributed by atoms with E-state index in [1.807, 2.05) is 29.9 Å². The predicted octanol–water partition coefficient (Wildman–Crippen LogP) is 2.49. The molecule has 0 saturated carbocycles. The van der Waals surface area contributed by atoms with Crippen LogP contribution in [0, 0.1) is 5.92 Å². The number of thiophene rings is 1. The Balaban J connectivity index is 1.51. The van der Waals surface area contributed by atoms with Crippen LogP contribution in [0.2, 0.25) is 0 Å². The maximum Gasteiger partial charge on any atom is 0.316 e. The van der Waals surface area contributed by atoms with E-state index < -0.39 is 0 Å². The van der Waals surface area contributed by atoms with Crippen LogP contribution < -0.4 is 4.74 Å². The quantitative estimate of drug-likeness (QED) is 0.917. The van der Waals surface area contributed by atoms with Crippen molar-refractivity contribution >= 4 is 11.3 Å². The number of aliphatic hydroxyl groups excluding tert-OH is 1. The van der Waals surface area contributed by atoms with Crippen LogP contribution in [0.15, 0.2) is 29.9 Å². The third-order valence-corrected chi connectivity index (χ3v) is 5.13. The lowest BCUT2D eigenvalue weighted by Gasteiger charge is -2.33. The normalized spacial score (nSPS) is 18.3. The SMILES string of the molecule is COc1ncc(CN2CCC([C@H](O)c3cccs3)CC2)cn1. The number of aromatic nitrogens is 2. The van der Waals surface area contributed by atoms with E-state index in [1.165, 1.54) is 0 Å². The van der Waals surface area contributed by atoms with Crippen LogP contribution >= 0.6 is 11.3 Å². The summed E-state index contributed by atoms with van der Waals surface area (Å²) in [6.45, 7) is 2.85. The molecule has 0 radical (unpaired) electrons. The molecule has 2 aromatic rings. The zero-order valence-electron chi connectivity index (χ0n) is 12.7. The van der Waals surface area contributed by atoms with Crippen LogP contribution in [0.5, 0.6) is 6.01 Å². The molecule has 1 aliphatic rings. The summed E-state index contributed by atoms with van der Waals surface area (Å²) < 4.78 is 4.97. The van der Waals surface area contributed by atoms with Crippen molar-refractivity contribution in [3.8, 4) is 6.01 Å². The Morgan fingerprint density at radius 2 is 2.09 bits per heavy atom. The van der Waals surface area contributed by atoms with E-state index in [2.05, 4.69) is 14.9 Å². The first-order valence-electron chi connectivity index (χ1n) is 7.55. The number of ether oxygens (including phenoxy) is 1. The van der Waals surface area contributed by atoms with Crippen molar-refractivity contribution in [2.24, 2.45) is 5.92 Å². The minimum absolute atomic E-state index is 0.313. The highest BCUT2D eigenvalue weighted by molar-refractivity contribution is 7.10. The fourth-order valence-corrected chi connectivity index (χ4v) is 3.71. The van der Waals surface area contributed by atoms with Gasteiger partial charge in [0, 0.05) is 29.4 Å². The molecular formula is C16H21N3O2S. The van der Waals surface area contributed by atoms with Gasteiger partial charge in [0.2, 0.25) is 0 Å². The van der Waals surface area contributed by atoms with Crippen LogP contribution in [0.4, 0.5) is 0 Å². The molecule has 0 amide bonds. The Kier molecular flexibility index (Phi) is 5.02. The Labute approximate surface area is 134 Å². The highest BCUT2D eigenvalue weighted by atomic mass is 32.1. The maximum atomic E-state index is 10.4. The Bertz CT molecular complexity index is 566. The molecule has 0 aromatic carbocycles. The largest absolute Gasteiger partial charge is 0.467 e. The number of hydrogen-bond acceptors (Lipinski definition) is 6. The Hall–Kier alpha value is -1.50. The third-order valence-electron chi connectivity index (χ3n) is 4.18. The number of hydrogen-bond donors (Lipinski definition) is 1. The van der Waals surface area contributed by atoms with E-state index in [9.17, 15) is 5.11 Å². The second-order valence-corrected chi connectivity index (χ2v) is 6.63. The molecule has 0 spiro atoms. The standard InChI is InChI=1S/C16H21N3O2S/c1-21-16-17-9-12(10-18-16)11-19-6-4-13(5-7-19)15(20)14-3-2-8-22-14/h2-3,8-10,13,15,20H,4-7,11H2,1H3/t15-/m0/s1. The van der Waals surface area contributed by atoms with Gasteiger partial charge in [-0.1, -0.05) is 6.07 Å². The van der Waals surface area contributed by atoms with Crippen LogP contribution in [0.3, 0.4) is 0 Å². The van der Waals surface area contributed by atoms with E-state index in [1.54, 1.807) is 18.4 Å². The summed E-state index contributed by atoms with van der Waals surface area (Å²) in [6, 6.07) is 4.43. The summed E-state index contributed by atoms with van der Waals surface area (Å²) in [5.41, 5.74) is 1.10. The number of aliphatic hydroxyl groups is 1. The average molecular weight is 319 g/mol. The lowest BCUT2D eigenvalue weighted by molar-refractivity contribution is 0.0590. The van der Waals surface area contributed by atoms with Gasteiger partial charge in [-0.2, -0.15) is 0 Å². The van der Waals surface area contributed by atoms with Gasteiger partial charge in [0.15, 0.2) is 0 Å². The van der Waals surface area contributed by atoms with Gasteiger partial charge < -0.3 is 9.84 Å². The highest BCUT2D eigenvalue weighted by Gasteiger charge is 2.26. The summed E-state index contributed by atoms with van der Waals surface area (Å²) in [7, 11) is 1.57. The monoisotopic (exact) mass is 319 g/mol. The third kappa shape index (κ3) is 3.63. The number of nitrogens with zero attached hydrogens (tertiary/aromatic N) is 3. The summed E-state index contributed by atoms with van der Waals surface area (Å²) in [4.78, 5) is 11.8. The summed E-state index contributed by atoms with van der Waals surface area (Å²) >= 11 is 1.64. The molecule has 1 saturated heterocycles. The van der Waals surface area contributed by atoms with Crippen molar-refractivity contribution in [2.75, 3.05) is 20.2 Å². The minimum Gasteiger partial charge on any atom is -0.467 e. The van der Waals surface area contributed by atoms with E-state index in [4.69, 9.17) is 4.74 Å². The molecule has 22 heavy (non-hydrogen) atoms. The van der Waals surface area contributed by atoms with E-state index in [0.29, 0.717) is 11.9 Å². The second kappa shape index (κ2) is 7.17. The van der Waals surface area contributed by atoms with Gasteiger partial charge in [0.25, 0.3) is 0 Å². The van der Waals surface area contributed by atoms with Gasteiger partial charge in [-0.25, -0.2) is 9.97 Å². The van der Waals surface area contributed by atoms with Gasteiger partial charge >= 0.3 is 6.01 Å². The van der Waals surface area contributed by atoms with Crippen LogP contribution in [0.25, 0.3) is 0 Å². The lowest BCUT2D eigenvalue weighted by Crippen LogP contribution is -2.35. The van der Waals surface area contributed by atoms with Gasteiger partial charge in [-0.3, -0.25) is 4.90 Å². The van der Waals surface area contributed by atoms with Gasteiger partial charge in [-0.15, -0.1) is 11.3 Å². The summed E-state index contributed by atoms with van der Waals surface area (Å²) in [6.07, 6.45) is 5.37. The number of rotatable bonds is 5. The summed E-state index contributed by atoms with van der Waals surface area (Å²) in [5.74, 6) is 0.363. The maximum absolute atomic E-state index is 10.4. The van der Waals surface area contributed by atoms with Crippen molar-refractivity contribution in [2.45, 2.75) is 25.5 Å². The molecule has 3 heterocycles. The zero-order valence-corrected chi connectivity index (χ0v) is 13.5. The molecule has 0 unspecified atom stereocenters. The highest BCUT2D eigenvalue weighted by Crippen LogP contribution is 2.33. The first-order valence-corrected chi connectivity index (χ1v) is 8.43. The molecule has 0 bridgehead atoms. The smallest absolute Gasteiger partial charge is 0.316 e. The molecular weight excluding hydrogens is 298 g/mol. The number of methoxy groups -OCH3 is 1. The van der Waals surface area contributed by atoms with Crippen molar-refractivity contribution in [1.82, 2.24) is 14.9 Å². The first-order chi connectivity index (χ1) is 10.8. The van der Waals surface area contributed by atoms with Gasteiger partial charge in [-0.05, 0) is 43.3 Å². The second-order valence-electron chi connectivity index (χ2n) is 5.65. The van der Waals surface area contributed by atoms with E-state index in [0.717, 1.165) is 42.9 Å². The lowest BCUT2D eigenvalue weighted by atomic mass is 9.90. The Morgan fingerprint density at radius 1 is 1.36 bits per heavy atom. The molecule has 1 atom stereocenters. The van der Waals surface area contributed by atoms with Crippen molar-refractivity contribution < 1.29 is 9.84 Å². The summed E-state index contributed by atoms with van der Waals surface area (Å²) in [5, 5.41) is 12.5. The fourth-order valence-electron chi connectivity index (χ4n) is 2.91. The fraction of sp³-hybridized carbons (Fsp3) is 0.500. The topological polar surface area (TPSA) is 58.5 Å². The molecule has 1 N–H and O–H groups in total. The van der Waals surface area contributed by atoms with Crippen molar-refractivity contribution in [3.05, 3.63) is 40.3 Å².